The van der Waals surface area contributed by atoms with Gasteiger partial charge in [0.05, 0.1) is 13.7 Å². The predicted molar refractivity (Wildman–Crippen MR) is 125 cm³/mol. The van der Waals surface area contributed by atoms with E-state index in [-0.39, 0.29) is 17.0 Å². The van der Waals surface area contributed by atoms with E-state index >= 15 is 0 Å². The Morgan fingerprint density at radius 2 is 1.53 bits per heavy atom. The highest BCUT2D eigenvalue weighted by Gasteiger charge is 2.52. The molecule has 5 rings (SSSR count). The fourth-order valence-corrected chi connectivity index (χ4v) is 4.95. The van der Waals surface area contributed by atoms with Crippen molar-refractivity contribution in [3.05, 3.63) is 84.4 Å². The first kappa shape index (κ1) is 22.6. The van der Waals surface area contributed by atoms with Gasteiger partial charge in [-0.2, -0.15) is 0 Å². The van der Waals surface area contributed by atoms with Crippen molar-refractivity contribution in [1.82, 2.24) is 0 Å². The molecule has 0 radical (unpaired) electrons. The zero-order valence-corrected chi connectivity index (χ0v) is 20.0. The Balaban J connectivity index is 0.00000245. The summed E-state index contributed by atoms with van der Waals surface area (Å²) in [6, 6.07) is 26.9. The van der Waals surface area contributed by atoms with Crippen molar-refractivity contribution in [2.75, 3.05) is 25.1 Å². The van der Waals surface area contributed by atoms with E-state index in [0.717, 1.165) is 48.4 Å². The van der Waals surface area contributed by atoms with E-state index in [1.807, 2.05) is 24.3 Å². The molecule has 1 unspecified atom stereocenters. The number of ether oxygens (including phenoxy) is 1. The molecule has 4 nitrogen and oxygen atoms in total. The van der Waals surface area contributed by atoms with Gasteiger partial charge in [0, 0.05) is 12.0 Å². The molecule has 3 aromatic rings. The Morgan fingerprint density at radius 1 is 0.844 bits per heavy atom. The SMILES string of the molecule is COc1ccccc1N1CC(O)(c2ccc(-c3ccccc3)cc2)[N+]2=C1CCCCC2.[Br-]. The molecule has 0 amide bonds. The summed E-state index contributed by atoms with van der Waals surface area (Å²) in [7, 11) is 1.71. The van der Waals surface area contributed by atoms with Crippen LogP contribution in [0.25, 0.3) is 11.1 Å². The molecule has 0 fully saturated rings. The highest BCUT2D eigenvalue weighted by molar-refractivity contribution is 5.97. The molecule has 166 valence electrons. The third-order valence-corrected chi connectivity index (χ3v) is 6.56. The third kappa shape index (κ3) is 3.96. The quantitative estimate of drug-likeness (QED) is 0.566. The summed E-state index contributed by atoms with van der Waals surface area (Å²) in [5, 5.41) is 12.1. The normalized spacial score (nSPS) is 20.4. The van der Waals surface area contributed by atoms with Crippen molar-refractivity contribution in [2.45, 2.75) is 31.4 Å². The van der Waals surface area contributed by atoms with Crippen LogP contribution in [-0.2, 0) is 5.72 Å². The molecule has 0 aliphatic carbocycles. The molecule has 1 atom stereocenters. The van der Waals surface area contributed by atoms with E-state index in [0.29, 0.717) is 6.54 Å². The van der Waals surface area contributed by atoms with Crippen molar-refractivity contribution in [1.29, 1.82) is 0 Å². The van der Waals surface area contributed by atoms with E-state index in [2.05, 4.69) is 64.1 Å². The van der Waals surface area contributed by atoms with Crippen LogP contribution in [-0.4, -0.2) is 35.7 Å². The van der Waals surface area contributed by atoms with Crippen LogP contribution in [0.15, 0.2) is 78.9 Å². The second kappa shape index (κ2) is 9.47. The molecule has 1 N–H and O–H groups in total. The average Bonchev–Trinajstić information content (AvgIpc) is 2.97. The highest BCUT2D eigenvalue weighted by atomic mass is 79.9. The lowest BCUT2D eigenvalue weighted by atomic mass is 9.98. The van der Waals surface area contributed by atoms with Crippen LogP contribution in [0.1, 0.15) is 31.2 Å². The number of methoxy groups -OCH3 is 1. The molecule has 5 heteroatoms. The number of halogens is 1. The number of amidine groups is 1. The number of hydrogen-bond donors (Lipinski definition) is 1. The summed E-state index contributed by atoms with van der Waals surface area (Å²) in [5.74, 6) is 2.03. The molecule has 3 aromatic carbocycles. The van der Waals surface area contributed by atoms with E-state index in [1.54, 1.807) is 7.11 Å². The topological polar surface area (TPSA) is 35.7 Å². The van der Waals surface area contributed by atoms with Gasteiger partial charge >= 0.3 is 0 Å². The van der Waals surface area contributed by atoms with Crippen LogP contribution in [0.3, 0.4) is 0 Å². The first-order valence-corrected chi connectivity index (χ1v) is 11.1. The van der Waals surface area contributed by atoms with Gasteiger partial charge in [0.1, 0.15) is 0 Å². The smallest absolute Gasteiger partial charge is 0.271 e. The number of anilines is 1. The Kier molecular flexibility index (Phi) is 6.68. The van der Waals surface area contributed by atoms with Gasteiger partial charge in [-0.05, 0) is 42.5 Å². The van der Waals surface area contributed by atoms with Gasteiger partial charge in [-0.1, -0.05) is 66.7 Å². The molecule has 0 saturated heterocycles. The Morgan fingerprint density at radius 3 is 2.28 bits per heavy atom. The number of hydrogen-bond acceptors (Lipinski definition) is 3. The van der Waals surface area contributed by atoms with Crippen molar-refractivity contribution < 1.29 is 31.4 Å². The maximum absolute atomic E-state index is 12.1. The molecule has 0 saturated carbocycles. The van der Waals surface area contributed by atoms with Crippen LogP contribution in [0.2, 0.25) is 0 Å². The summed E-state index contributed by atoms with van der Waals surface area (Å²) < 4.78 is 7.88. The second-order valence-corrected chi connectivity index (χ2v) is 8.40. The van der Waals surface area contributed by atoms with Crippen molar-refractivity contribution in [2.24, 2.45) is 0 Å². The number of β-amino-alcohol motifs (C(OH)–C–C–N with tert-alkyl or cyclic N) is 1. The van der Waals surface area contributed by atoms with Crippen LogP contribution < -0.4 is 26.6 Å². The highest BCUT2D eigenvalue weighted by Crippen LogP contribution is 2.39. The Bertz CT molecular complexity index is 1100. The van der Waals surface area contributed by atoms with Gasteiger partial charge in [-0.15, -0.1) is 0 Å². The monoisotopic (exact) mass is 492 g/mol. The molecule has 2 heterocycles. The summed E-state index contributed by atoms with van der Waals surface area (Å²) >= 11 is 0. The van der Waals surface area contributed by atoms with Gasteiger partial charge in [-0.3, -0.25) is 0 Å². The maximum atomic E-state index is 12.1. The van der Waals surface area contributed by atoms with Gasteiger partial charge in [0.15, 0.2) is 18.0 Å². The first-order chi connectivity index (χ1) is 15.2. The van der Waals surface area contributed by atoms with Crippen LogP contribution in [0.4, 0.5) is 5.69 Å². The number of rotatable bonds is 4. The van der Waals surface area contributed by atoms with Crippen LogP contribution in [0.5, 0.6) is 5.75 Å². The lowest BCUT2D eigenvalue weighted by molar-refractivity contribution is -0.658. The summed E-state index contributed by atoms with van der Waals surface area (Å²) in [5.41, 5.74) is 3.24. The molecule has 0 bridgehead atoms. The van der Waals surface area contributed by atoms with Crippen LogP contribution >= 0.6 is 0 Å². The molecular formula is C27H29BrN2O2. The van der Waals surface area contributed by atoms with E-state index in [4.69, 9.17) is 4.74 Å². The summed E-state index contributed by atoms with van der Waals surface area (Å²) in [4.78, 5) is 2.26. The zero-order chi connectivity index (χ0) is 21.3. The first-order valence-electron chi connectivity index (χ1n) is 11.1. The Labute approximate surface area is 200 Å². The fraction of sp³-hybridized carbons (Fsp3) is 0.296. The third-order valence-electron chi connectivity index (χ3n) is 6.56. The van der Waals surface area contributed by atoms with Crippen molar-refractivity contribution in [3.63, 3.8) is 0 Å². The minimum atomic E-state index is -1.06. The molecule has 0 aromatic heterocycles. The maximum Gasteiger partial charge on any atom is 0.271 e. The predicted octanol–water partition coefficient (Wildman–Crippen LogP) is 2.02. The van der Waals surface area contributed by atoms with E-state index in [1.165, 1.54) is 17.8 Å². The minimum Gasteiger partial charge on any atom is -1.00 e. The molecule has 32 heavy (non-hydrogen) atoms. The lowest BCUT2D eigenvalue weighted by Gasteiger charge is -2.24. The van der Waals surface area contributed by atoms with Gasteiger partial charge in [0.2, 0.25) is 0 Å². The van der Waals surface area contributed by atoms with E-state index in [9.17, 15) is 5.11 Å². The fourth-order valence-electron chi connectivity index (χ4n) is 4.95. The lowest BCUT2D eigenvalue weighted by Crippen LogP contribution is -3.00. The van der Waals surface area contributed by atoms with Crippen molar-refractivity contribution in [3.8, 4) is 16.9 Å². The second-order valence-electron chi connectivity index (χ2n) is 8.40. The number of aliphatic hydroxyl groups is 1. The van der Waals surface area contributed by atoms with Crippen LogP contribution in [0, 0.1) is 0 Å². The standard InChI is InChI=1S/C27H29N2O2.BrH/c1-31-25-13-8-7-12-24(25)28-20-27(30,29-19-9-3-6-14-26(28)29)23-17-15-22(16-18-23)21-10-4-2-5-11-21;/h2,4-5,7-8,10-13,15-18,30H,3,6,9,14,19-20H2,1H3;1H/q+1;/p-1. The van der Waals surface area contributed by atoms with Crippen molar-refractivity contribution >= 4 is 11.5 Å². The molecule has 2 aliphatic heterocycles. The Hall–Kier alpha value is -2.63. The van der Waals surface area contributed by atoms with Gasteiger partial charge < -0.3 is 26.8 Å². The summed E-state index contributed by atoms with van der Waals surface area (Å²) in [6.45, 7) is 1.35. The average molecular weight is 493 g/mol. The van der Waals surface area contributed by atoms with E-state index < -0.39 is 5.72 Å². The largest absolute Gasteiger partial charge is 1.00 e. The van der Waals surface area contributed by atoms with Gasteiger partial charge in [-0.25, -0.2) is 9.48 Å². The molecule has 0 spiro atoms. The number of nitrogens with zero attached hydrogens (tertiary/aromatic N) is 2. The molecular weight excluding hydrogens is 464 g/mol. The number of benzene rings is 3. The summed E-state index contributed by atoms with van der Waals surface area (Å²) in [6.07, 6.45) is 4.37. The number of para-hydroxylation sites is 2. The minimum absolute atomic E-state index is 0. The zero-order valence-electron chi connectivity index (χ0n) is 18.4. The van der Waals surface area contributed by atoms with Gasteiger partial charge in [0.25, 0.3) is 11.6 Å². The molecule has 2 aliphatic rings.